The summed E-state index contributed by atoms with van der Waals surface area (Å²) in [6.07, 6.45) is -0.876. The lowest BCUT2D eigenvalue weighted by molar-refractivity contribution is 0.151. The molecule has 0 aliphatic carbocycles. The lowest BCUT2D eigenvalue weighted by Crippen LogP contribution is -2.23. The van der Waals surface area contributed by atoms with Gasteiger partial charge in [-0.25, -0.2) is 8.78 Å². The summed E-state index contributed by atoms with van der Waals surface area (Å²) >= 11 is 0. The Morgan fingerprint density at radius 2 is 2.00 bits per heavy atom. The fraction of sp³-hybridized carbons (Fsp3) is 0.278. The number of halogens is 2. The van der Waals surface area contributed by atoms with Gasteiger partial charge in [0, 0.05) is 23.9 Å². The molecule has 0 unspecified atom stereocenters. The maximum atomic E-state index is 12.8. The van der Waals surface area contributed by atoms with Gasteiger partial charge in [-0.15, -0.1) is 0 Å². The second-order valence-corrected chi connectivity index (χ2v) is 6.12. The molecular formula is C18H17F2N3O2. The normalized spacial score (nSPS) is 11.4. The minimum absolute atomic E-state index is 0.0700. The van der Waals surface area contributed by atoms with Crippen LogP contribution in [-0.2, 0) is 6.54 Å². The summed E-state index contributed by atoms with van der Waals surface area (Å²) < 4.78 is 32.4. The van der Waals surface area contributed by atoms with Crippen molar-refractivity contribution in [2.45, 2.75) is 26.8 Å². The first-order chi connectivity index (χ1) is 12.0. The number of rotatable bonds is 5. The van der Waals surface area contributed by atoms with Gasteiger partial charge in [0.25, 0.3) is 17.9 Å². The van der Waals surface area contributed by atoms with Gasteiger partial charge in [0.15, 0.2) is 0 Å². The number of hydrogen-bond acceptors (Lipinski definition) is 4. The van der Waals surface area contributed by atoms with Crippen LogP contribution in [0.2, 0.25) is 0 Å². The molecule has 0 aliphatic rings. The lowest BCUT2D eigenvalue weighted by Gasteiger charge is -2.08. The minimum Gasteiger partial charge on any atom is -0.333 e. The van der Waals surface area contributed by atoms with Crippen LogP contribution in [0.15, 0.2) is 51.9 Å². The highest BCUT2D eigenvalue weighted by Gasteiger charge is 2.16. The molecule has 2 heterocycles. The van der Waals surface area contributed by atoms with Crippen molar-refractivity contribution in [3.63, 3.8) is 0 Å². The van der Waals surface area contributed by atoms with Crippen LogP contribution in [0.1, 0.15) is 25.8 Å². The number of nitrogens with zero attached hydrogens (tertiary/aromatic N) is 3. The number of alkyl halides is 2. The van der Waals surface area contributed by atoms with Crippen molar-refractivity contribution >= 4 is 0 Å². The van der Waals surface area contributed by atoms with Gasteiger partial charge in [0.2, 0.25) is 5.82 Å². The molecule has 7 heteroatoms. The molecule has 0 N–H and O–H groups in total. The van der Waals surface area contributed by atoms with Crippen molar-refractivity contribution in [3.05, 3.63) is 58.5 Å². The quantitative estimate of drug-likeness (QED) is 0.697. The largest absolute Gasteiger partial charge is 0.333 e. The molecule has 0 saturated carbocycles. The summed E-state index contributed by atoms with van der Waals surface area (Å²) in [6, 6.07) is 9.10. The van der Waals surface area contributed by atoms with Gasteiger partial charge >= 0.3 is 0 Å². The maximum Gasteiger partial charge on any atom is 0.263 e. The summed E-state index contributed by atoms with van der Waals surface area (Å²) in [7, 11) is 0. The van der Waals surface area contributed by atoms with E-state index >= 15 is 0 Å². The van der Waals surface area contributed by atoms with Crippen molar-refractivity contribution < 1.29 is 13.3 Å². The van der Waals surface area contributed by atoms with Crippen molar-refractivity contribution in [1.29, 1.82) is 0 Å². The third kappa shape index (κ3) is 3.65. The minimum atomic E-state index is -2.58. The molecule has 0 bridgehead atoms. The highest BCUT2D eigenvalue weighted by atomic mass is 19.3. The van der Waals surface area contributed by atoms with E-state index in [2.05, 4.69) is 10.1 Å². The van der Waals surface area contributed by atoms with Crippen LogP contribution in [0.25, 0.3) is 22.8 Å². The van der Waals surface area contributed by atoms with Gasteiger partial charge < -0.3 is 9.09 Å². The SMILES string of the molecule is CC(C)Cn1cccc(-c2nc(-c3cccc(C(F)F)c3)no2)c1=O. The Hall–Kier alpha value is -2.83. The molecule has 25 heavy (non-hydrogen) atoms. The molecule has 2 aromatic heterocycles. The number of benzene rings is 1. The molecule has 0 amide bonds. The van der Waals surface area contributed by atoms with E-state index in [0.29, 0.717) is 18.0 Å². The van der Waals surface area contributed by atoms with E-state index in [4.69, 9.17) is 4.52 Å². The maximum absolute atomic E-state index is 12.8. The van der Waals surface area contributed by atoms with Gasteiger partial charge in [-0.2, -0.15) is 4.98 Å². The summed E-state index contributed by atoms with van der Waals surface area (Å²) in [6.45, 7) is 4.60. The molecule has 0 atom stereocenters. The van der Waals surface area contributed by atoms with Crippen LogP contribution in [0.3, 0.4) is 0 Å². The average Bonchev–Trinajstić information content (AvgIpc) is 3.06. The van der Waals surface area contributed by atoms with E-state index in [1.54, 1.807) is 29.0 Å². The molecule has 0 radical (unpaired) electrons. The average molecular weight is 345 g/mol. The Morgan fingerprint density at radius 1 is 1.20 bits per heavy atom. The third-order valence-corrected chi connectivity index (χ3v) is 3.64. The standard InChI is InChI=1S/C18H17F2N3O2/c1-11(2)10-23-8-4-7-14(18(23)24)17-21-16(22-25-17)13-6-3-5-12(9-13)15(19)20/h3-9,11,15H,10H2,1-2H3. The highest BCUT2D eigenvalue weighted by Crippen LogP contribution is 2.25. The topological polar surface area (TPSA) is 60.9 Å². The molecule has 0 saturated heterocycles. The fourth-order valence-corrected chi connectivity index (χ4v) is 2.50. The molecule has 3 rings (SSSR count). The Bertz CT molecular complexity index is 932. The van der Waals surface area contributed by atoms with Gasteiger partial charge in [-0.3, -0.25) is 4.79 Å². The first-order valence-corrected chi connectivity index (χ1v) is 7.87. The summed E-state index contributed by atoms with van der Waals surface area (Å²) in [4.78, 5) is 16.7. The van der Waals surface area contributed by atoms with Crippen molar-refractivity contribution in [2.75, 3.05) is 0 Å². The van der Waals surface area contributed by atoms with Crippen molar-refractivity contribution in [1.82, 2.24) is 14.7 Å². The van der Waals surface area contributed by atoms with Gasteiger partial charge in [0.1, 0.15) is 5.56 Å². The van der Waals surface area contributed by atoms with Gasteiger partial charge in [-0.05, 0) is 24.1 Å². The van der Waals surface area contributed by atoms with E-state index in [0.717, 1.165) is 0 Å². The van der Waals surface area contributed by atoms with Crippen molar-refractivity contribution in [2.24, 2.45) is 5.92 Å². The molecular weight excluding hydrogens is 328 g/mol. The van der Waals surface area contributed by atoms with E-state index in [-0.39, 0.29) is 28.4 Å². The Kier molecular flexibility index (Phi) is 4.74. The second-order valence-electron chi connectivity index (χ2n) is 6.12. The molecule has 3 aromatic rings. The van der Waals surface area contributed by atoms with Gasteiger partial charge in [0.05, 0.1) is 0 Å². The summed E-state index contributed by atoms with van der Waals surface area (Å²) in [5.74, 6) is 0.542. The first kappa shape index (κ1) is 17.0. The zero-order valence-corrected chi connectivity index (χ0v) is 13.8. The van der Waals surface area contributed by atoms with Crippen LogP contribution in [0.5, 0.6) is 0 Å². The monoisotopic (exact) mass is 345 g/mol. The second kappa shape index (κ2) is 6.96. The highest BCUT2D eigenvalue weighted by molar-refractivity contribution is 5.59. The molecule has 130 valence electrons. The fourth-order valence-electron chi connectivity index (χ4n) is 2.50. The van der Waals surface area contributed by atoms with Gasteiger partial charge in [-0.1, -0.05) is 37.2 Å². The molecule has 0 fully saturated rings. The van der Waals surface area contributed by atoms with Crippen LogP contribution in [-0.4, -0.2) is 14.7 Å². The van der Waals surface area contributed by atoms with Crippen LogP contribution < -0.4 is 5.56 Å². The smallest absolute Gasteiger partial charge is 0.263 e. The predicted octanol–water partition coefficient (Wildman–Crippen LogP) is 4.16. The van der Waals surface area contributed by atoms with Crippen LogP contribution >= 0.6 is 0 Å². The van der Waals surface area contributed by atoms with Crippen LogP contribution in [0.4, 0.5) is 8.78 Å². The molecule has 1 aromatic carbocycles. The Balaban J connectivity index is 1.97. The lowest BCUT2D eigenvalue weighted by atomic mass is 10.1. The van der Waals surface area contributed by atoms with E-state index < -0.39 is 6.43 Å². The van der Waals surface area contributed by atoms with E-state index in [1.807, 2.05) is 13.8 Å². The van der Waals surface area contributed by atoms with Crippen molar-refractivity contribution in [3.8, 4) is 22.8 Å². The third-order valence-electron chi connectivity index (χ3n) is 3.64. The summed E-state index contributed by atoms with van der Waals surface area (Å²) in [5.41, 5.74) is 0.341. The molecule has 0 aliphatic heterocycles. The van der Waals surface area contributed by atoms with Crippen LogP contribution in [0, 0.1) is 5.92 Å². The Morgan fingerprint density at radius 3 is 2.72 bits per heavy atom. The first-order valence-electron chi connectivity index (χ1n) is 7.87. The zero-order chi connectivity index (χ0) is 18.0. The van der Waals surface area contributed by atoms with E-state index in [1.165, 1.54) is 18.2 Å². The Labute approximate surface area is 142 Å². The molecule has 5 nitrogen and oxygen atoms in total. The summed E-state index contributed by atoms with van der Waals surface area (Å²) in [5, 5.41) is 3.82. The molecule has 0 spiro atoms. The number of hydrogen-bond donors (Lipinski definition) is 0. The predicted molar refractivity (Wildman–Crippen MR) is 89.2 cm³/mol. The zero-order valence-electron chi connectivity index (χ0n) is 13.8. The number of pyridine rings is 1. The number of aromatic nitrogens is 3. The van der Waals surface area contributed by atoms with E-state index in [9.17, 15) is 13.6 Å².